The summed E-state index contributed by atoms with van der Waals surface area (Å²) < 4.78 is 11.8. The Labute approximate surface area is 155 Å². The molecule has 0 aromatic rings. The number of carbonyl (C=O) groups is 1. The Hall–Kier alpha value is -1.59. The van der Waals surface area contributed by atoms with Gasteiger partial charge in [-0.1, -0.05) is 26.2 Å². The van der Waals surface area contributed by atoms with Crippen molar-refractivity contribution in [3.63, 3.8) is 0 Å². The van der Waals surface area contributed by atoms with E-state index < -0.39 is 35.1 Å². The summed E-state index contributed by atoms with van der Waals surface area (Å²) in [6.07, 6.45) is 1.75. The van der Waals surface area contributed by atoms with Crippen LogP contribution in [0.1, 0.15) is 47.0 Å². The quantitative estimate of drug-likeness (QED) is 0.583. The number of aliphatic hydroxyl groups excluding tert-OH is 1. The number of fused-ring (bicyclic) bond motifs is 2. The molecule has 0 spiro atoms. The fourth-order valence-corrected chi connectivity index (χ4v) is 5.26. The number of aliphatic hydroxyl groups is 2. The number of ether oxygens (including phenoxy) is 2. The van der Waals surface area contributed by atoms with Gasteiger partial charge in [0, 0.05) is 16.9 Å². The largest absolute Gasteiger partial charge is 0.490 e. The minimum absolute atomic E-state index is 0.258. The summed E-state index contributed by atoms with van der Waals surface area (Å²) in [4.78, 5) is 12.6. The van der Waals surface area contributed by atoms with Crippen LogP contribution < -0.4 is 0 Å². The van der Waals surface area contributed by atoms with Gasteiger partial charge < -0.3 is 19.7 Å². The second-order valence-corrected chi connectivity index (χ2v) is 8.57. The normalized spacial score (nSPS) is 45.6. The van der Waals surface area contributed by atoms with E-state index in [1.807, 2.05) is 6.92 Å². The van der Waals surface area contributed by atoms with Gasteiger partial charge in [0.2, 0.25) is 0 Å². The van der Waals surface area contributed by atoms with Crippen LogP contribution in [0.3, 0.4) is 0 Å². The first-order valence-electron chi connectivity index (χ1n) is 9.32. The number of rotatable bonds is 2. The number of esters is 1. The van der Waals surface area contributed by atoms with E-state index in [1.54, 1.807) is 26.8 Å². The molecule has 0 aromatic carbocycles. The van der Waals surface area contributed by atoms with E-state index in [4.69, 9.17) is 9.47 Å². The molecule has 3 fully saturated rings. The summed E-state index contributed by atoms with van der Waals surface area (Å²) >= 11 is 0. The summed E-state index contributed by atoms with van der Waals surface area (Å²) in [7, 11) is 0. The molecule has 7 unspecified atom stereocenters. The van der Waals surface area contributed by atoms with E-state index in [2.05, 4.69) is 13.2 Å². The molecule has 1 heterocycles. The highest BCUT2D eigenvalue weighted by atomic mass is 16.6. The number of allylic oxidation sites excluding steroid dienone is 2. The van der Waals surface area contributed by atoms with Crippen LogP contribution in [0.5, 0.6) is 0 Å². The maximum Gasteiger partial charge on any atom is 0.333 e. The molecule has 1 saturated heterocycles. The number of carbonyl (C=O) groups excluding carboxylic acids is 1. The molecule has 5 heteroatoms. The van der Waals surface area contributed by atoms with E-state index in [1.165, 1.54) is 0 Å². The first kappa shape index (κ1) is 19.2. The van der Waals surface area contributed by atoms with Gasteiger partial charge in [0.15, 0.2) is 0 Å². The molecule has 1 aliphatic heterocycles. The second-order valence-electron chi connectivity index (χ2n) is 8.57. The first-order valence-corrected chi connectivity index (χ1v) is 9.32. The summed E-state index contributed by atoms with van der Waals surface area (Å²) in [6, 6.07) is 0. The second kappa shape index (κ2) is 6.24. The highest BCUT2D eigenvalue weighted by molar-refractivity contribution is 5.87. The van der Waals surface area contributed by atoms with Crippen LogP contribution in [0.25, 0.3) is 0 Å². The molecular formula is C21H30O5. The Balaban J connectivity index is 2.08. The predicted molar refractivity (Wildman–Crippen MR) is 98.0 cm³/mol. The van der Waals surface area contributed by atoms with Gasteiger partial charge in [0.25, 0.3) is 0 Å². The van der Waals surface area contributed by atoms with E-state index in [0.717, 1.165) is 0 Å². The molecule has 144 valence electrons. The van der Waals surface area contributed by atoms with E-state index in [9.17, 15) is 15.0 Å². The Kier molecular flexibility index (Phi) is 4.60. The molecular weight excluding hydrogens is 332 g/mol. The molecule has 0 radical (unpaired) electrons. The van der Waals surface area contributed by atoms with Crippen molar-refractivity contribution in [2.75, 3.05) is 0 Å². The summed E-state index contributed by atoms with van der Waals surface area (Å²) in [5.74, 6) is -0.590. The van der Waals surface area contributed by atoms with Crippen molar-refractivity contribution in [1.29, 1.82) is 0 Å². The van der Waals surface area contributed by atoms with Gasteiger partial charge in [0.1, 0.15) is 18.0 Å². The minimum Gasteiger partial charge on any atom is -0.490 e. The van der Waals surface area contributed by atoms with Gasteiger partial charge in [-0.15, -0.1) is 0 Å². The van der Waals surface area contributed by atoms with E-state index in [-0.39, 0.29) is 12.0 Å². The fourth-order valence-electron chi connectivity index (χ4n) is 5.26. The van der Waals surface area contributed by atoms with E-state index >= 15 is 0 Å². The highest BCUT2D eigenvalue weighted by Gasteiger charge is 2.65. The monoisotopic (exact) mass is 362 g/mol. The molecule has 26 heavy (non-hydrogen) atoms. The first-order chi connectivity index (χ1) is 12.0. The average Bonchev–Trinajstić information content (AvgIpc) is 2.84. The molecule has 0 bridgehead atoms. The zero-order chi connectivity index (χ0) is 19.4. The molecule has 0 amide bonds. The van der Waals surface area contributed by atoms with Crippen LogP contribution >= 0.6 is 0 Å². The van der Waals surface area contributed by atoms with Gasteiger partial charge >= 0.3 is 5.97 Å². The third-order valence-electron chi connectivity index (χ3n) is 6.84. The maximum atomic E-state index is 12.6. The molecule has 2 saturated carbocycles. The van der Waals surface area contributed by atoms with Crippen LogP contribution in [-0.4, -0.2) is 40.1 Å². The summed E-state index contributed by atoms with van der Waals surface area (Å²) in [5, 5.41) is 22.0. The topological polar surface area (TPSA) is 76.0 Å². The van der Waals surface area contributed by atoms with Crippen LogP contribution in [0.15, 0.2) is 36.1 Å². The fraction of sp³-hybridized carbons (Fsp3) is 0.667. The lowest BCUT2D eigenvalue weighted by atomic mass is 9.50. The molecule has 0 aromatic heterocycles. The Morgan fingerprint density at radius 3 is 2.65 bits per heavy atom. The molecule has 7 atom stereocenters. The van der Waals surface area contributed by atoms with Crippen molar-refractivity contribution < 1.29 is 24.5 Å². The van der Waals surface area contributed by atoms with Gasteiger partial charge in [0.05, 0.1) is 17.6 Å². The Morgan fingerprint density at radius 1 is 1.38 bits per heavy atom. The average molecular weight is 362 g/mol. The summed E-state index contributed by atoms with van der Waals surface area (Å²) in [6.45, 7) is 15.2. The third-order valence-corrected chi connectivity index (χ3v) is 6.84. The van der Waals surface area contributed by atoms with Crippen molar-refractivity contribution in [3.8, 4) is 0 Å². The zero-order valence-corrected chi connectivity index (χ0v) is 16.1. The van der Waals surface area contributed by atoms with Gasteiger partial charge in [-0.05, 0) is 45.6 Å². The van der Waals surface area contributed by atoms with Gasteiger partial charge in [-0.25, -0.2) is 4.79 Å². The lowest BCUT2D eigenvalue weighted by Crippen LogP contribution is -2.65. The highest BCUT2D eigenvalue weighted by Crippen LogP contribution is 2.60. The molecule has 2 aliphatic carbocycles. The molecule has 3 rings (SSSR count). The molecule has 5 nitrogen and oxygen atoms in total. The zero-order valence-electron chi connectivity index (χ0n) is 16.1. The van der Waals surface area contributed by atoms with Crippen molar-refractivity contribution in [3.05, 3.63) is 36.1 Å². The van der Waals surface area contributed by atoms with Crippen molar-refractivity contribution in [2.45, 2.75) is 70.9 Å². The minimum atomic E-state index is -1.06. The summed E-state index contributed by atoms with van der Waals surface area (Å²) in [5.41, 5.74) is -0.461. The SMILES string of the molecule is C=C1OC2CC3(C)C(O)CCC(C)(O)C3C(OC(=O)C(C)=CC)C2C1=C. The lowest BCUT2D eigenvalue weighted by Gasteiger charge is -2.59. The van der Waals surface area contributed by atoms with Crippen LogP contribution in [0, 0.1) is 17.3 Å². The van der Waals surface area contributed by atoms with Crippen molar-refractivity contribution >= 4 is 5.97 Å². The standard InChI is InChI=1S/C21H30O5/c1-7-11(2)19(23)26-17-16-12(3)13(4)25-14(16)10-20(5)15(22)8-9-21(6,24)18(17)20/h7,14-18,22,24H,3-4,8-10H2,1-2,5-6H3. The van der Waals surface area contributed by atoms with Crippen LogP contribution in [0.4, 0.5) is 0 Å². The maximum absolute atomic E-state index is 12.6. The van der Waals surface area contributed by atoms with Crippen molar-refractivity contribution in [2.24, 2.45) is 17.3 Å². The lowest BCUT2D eigenvalue weighted by molar-refractivity contribution is -0.234. The van der Waals surface area contributed by atoms with Gasteiger partial charge in [-0.2, -0.15) is 0 Å². The number of hydrogen-bond acceptors (Lipinski definition) is 5. The smallest absolute Gasteiger partial charge is 0.333 e. The van der Waals surface area contributed by atoms with Gasteiger partial charge in [-0.3, -0.25) is 0 Å². The number of hydrogen-bond donors (Lipinski definition) is 2. The molecule has 2 N–H and O–H groups in total. The predicted octanol–water partition coefficient (Wildman–Crippen LogP) is 2.88. The third kappa shape index (κ3) is 2.72. The van der Waals surface area contributed by atoms with Crippen LogP contribution in [0.2, 0.25) is 0 Å². The molecule has 3 aliphatic rings. The van der Waals surface area contributed by atoms with E-state index in [0.29, 0.717) is 36.2 Å². The van der Waals surface area contributed by atoms with Crippen molar-refractivity contribution in [1.82, 2.24) is 0 Å². The Bertz CT molecular complexity index is 676. The van der Waals surface area contributed by atoms with Crippen LogP contribution in [-0.2, 0) is 14.3 Å². The Morgan fingerprint density at radius 2 is 2.04 bits per heavy atom.